The van der Waals surface area contributed by atoms with Crippen molar-refractivity contribution in [2.45, 2.75) is 31.0 Å². The Morgan fingerprint density at radius 2 is 2.00 bits per heavy atom. The Bertz CT molecular complexity index is 1300. The van der Waals surface area contributed by atoms with E-state index in [0.29, 0.717) is 22.8 Å². The third-order valence-electron chi connectivity index (χ3n) is 5.85. The fourth-order valence-corrected chi connectivity index (χ4v) is 4.04. The molecule has 1 aliphatic carbocycles. The van der Waals surface area contributed by atoms with Crippen LogP contribution in [0.25, 0.3) is 0 Å². The zero-order chi connectivity index (χ0) is 23.8. The quantitative estimate of drug-likeness (QED) is 0.651. The molecular weight excluding hydrogens is 432 g/mol. The number of hydrogen-bond acceptors (Lipinski definition) is 7. The average molecular weight is 454 g/mol. The topological polar surface area (TPSA) is 119 Å². The Balaban J connectivity index is 1.34. The molecule has 0 radical (unpaired) electrons. The lowest BCUT2D eigenvalue weighted by Gasteiger charge is -2.28. The standard InChI is InChI=1S/C25H22N6O3/c1-17(32)29-25(16-31-22(30-25)9-4-12-27-31)34-21-8-3-7-20(14-21)28-23(33)18-5-2-6-19(13-18)24(15-26)10-11-24/h2-9,12-14H,10-11,16H2,1H3,(H,28,33)(H,29,32). The average Bonchev–Trinajstić information content (AvgIpc) is 3.54. The Morgan fingerprint density at radius 3 is 2.74 bits per heavy atom. The van der Waals surface area contributed by atoms with Gasteiger partial charge in [0, 0.05) is 30.5 Å². The molecule has 9 nitrogen and oxygen atoms in total. The van der Waals surface area contributed by atoms with E-state index in [0.717, 1.165) is 18.4 Å². The van der Waals surface area contributed by atoms with Crippen molar-refractivity contribution < 1.29 is 14.3 Å². The van der Waals surface area contributed by atoms with Crippen molar-refractivity contribution in [2.24, 2.45) is 10.1 Å². The zero-order valence-electron chi connectivity index (χ0n) is 18.5. The summed E-state index contributed by atoms with van der Waals surface area (Å²) in [6.45, 7) is 1.59. The predicted molar refractivity (Wildman–Crippen MR) is 126 cm³/mol. The first-order chi connectivity index (χ1) is 16.4. The lowest BCUT2D eigenvalue weighted by atomic mass is 9.96. The summed E-state index contributed by atoms with van der Waals surface area (Å²) in [6.07, 6.45) is 6.80. The number of allylic oxidation sites excluding steroid dienone is 1. The Hall–Kier alpha value is -4.45. The molecule has 2 aliphatic heterocycles. The minimum Gasteiger partial charge on any atom is -0.446 e. The number of benzene rings is 2. The number of nitrogens with one attached hydrogen (secondary N) is 2. The van der Waals surface area contributed by atoms with Gasteiger partial charge in [0.15, 0.2) is 5.84 Å². The lowest BCUT2D eigenvalue weighted by Crippen LogP contribution is -2.53. The van der Waals surface area contributed by atoms with Crippen molar-refractivity contribution in [3.63, 3.8) is 0 Å². The number of ether oxygens (including phenoxy) is 1. The van der Waals surface area contributed by atoms with Crippen molar-refractivity contribution in [3.05, 3.63) is 71.8 Å². The molecule has 0 bridgehead atoms. The Morgan fingerprint density at radius 1 is 1.18 bits per heavy atom. The third kappa shape index (κ3) is 4.13. The number of amidine groups is 1. The van der Waals surface area contributed by atoms with E-state index in [1.807, 2.05) is 6.07 Å². The van der Waals surface area contributed by atoms with Gasteiger partial charge >= 0.3 is 5.85 Å². The number of carbonyl (C=O) groups excluding carboxylic acids is 2. The number of nitrogens with zero attached hydrogens (tertiary/aromatic N) is 4. The van der Waals surface area contributed by atoms with Gasteiger partial charge in [-0.25, -0.2) is 5.01 Å². The monoisotopic (exact) mass is 454 g/mol. The molecule has 0 aromatic heterocycles. The Kier molecular flexibility index (Phi) is 5.13. The summed E-state index contributed by atoms with van der Waals surface area (Å²) in [5, 5.41) is 21.0. The van der Waals surface area contributed by atoms with E-state index in [1.54, 1.807) is 65.8 Å². The van der Waals surface area contributed by atoms with E-state index in [2.05, 4.69) is 26.8 Å². The normalized spacial score (nSPS) is 21.2. The minimum absolute atomic E-state index is 0.201. The van der Waals surface area contributed by atoms with Crippen molar-refractivity contribution in [1.82, 2.24) is 10.3 Å². The summed E-state index contributed by atoms with van der Waals surface area (Å²) in [4.78, 5) is 29.3. The van der Waals surface area contributed by atoms with Crippen molar-refractivity contribution in [3.8, 4) is 11.8 Å². The van der Waals surface area contributed by atoms with Gasteiger partial charge in [-0.1, -0.05) is 18.2 Å². The van der Waals surface area contributed by atoms with Crippen LogP contribution < -0.4 is 15.4 Å². The number of carbonyl (C=O) groups is 2. The molecule has 34 heavy (non-hydrogen) atoms. The smallest absolute Gasteiger partial charge is 0.303 e. The molecule has 2 aromatic rings. The molecule has 3 aliphatic rings. The fourth-order valence-electron chi connectivity index (χ4n) is 4.04. The van der Waals surface area contributed by atoms with Gasteiger partial charge in [0.1, 0.15) is 12.3 Å². The van der Waals surface area contributed by atoms with Crippen molar-refractivity contribution in [2.75, 3.05) is 11.9 Å². The van der Waals surface area contributed by atoms with Crippen LogP contribution in [0.4, 0.5) is 5.69 Å². The molecule has 9 heteroatoms. The number of anilines is 1. The van der Waals surface area contributed by atoms with E-state index < -0.39 is 11.3 Å². The SMILES string of the molecule is CC(=O)NC1(Oc2cccc(NC(=O)c3cccc(C4(C#N)CC4)c3)c2)CN2N=CC=CC2=N1. The highest BCUT2D eigenvalue weighted by atomic mass is 16.5. The van der Waals surface area contributed by atoms with E-state index in [1.165, 1.54) is 6.92 Å². The van der Waals surface area contributed by atoms with E-state index in [4.69, 9.17) is 4.74 Å². The maximum absolute atomic E-state index is 12.9. The van der Waals surface area contributed by atoms with Crippen LogP contribution in [-0.4, -0.2) is 41.3 Å². The van der Waals surface area contributed by atoms with Crippen LogP contribution >= 0.6 is 0 Å². The number of aliphatic imine (C=N–C) groups is 1. The highest BCUT2D eigenvalue weighted by Crippen LogP contribution is 2.47. The molecule has 2 amide bonds. The van der Waals surface area contributed by atoms with Crippen LogP contribution in [0.5, 0.6) is 5.75 Å². The summed E-state index contributed by atoms with van der Waals surface area (Å²) in [7, 11) is 0. The molecule has 1 fully saturated rings. The fraction of sp³-hybridized carbons (Fsp3) is 0.240. The summed E-state index contributed by atoms with van der Waals surface area (Å²) >= 11 is 0. The zero-order valence-corrected chi connectivity index (χ0v) is 18.5. The van der Waals surface area contributed by atoms with Gasteiger partial charge in [-0.05, 0) is 54.8 Å². The largest absolute Gasteiger partial charge is 0.446 e. The summed E-state index contributed by atoms with van der Waals surface area (Å²) in [5.74, 6) is -0.945. The molecule has 1 unspecified atom stereocenters. The molecule has 5 rings (SSSR count). The third-order valence-corrected chi connectivity index (χ3v) is 5.85. The second-order valence-electron chi connectivity index (χ2n) is 8.48. The van der Waals surface area contributed by atoms with Gasteiger partial charge < -0.3 is 10.1 Å². The molecular formula is C25H22N6O3. The number of fused-ring (bicyclic) bond motifs is 1. The van der Waals surface area contributed by atoms with Gasteiger partial charge in [-0.3, -0.25) is 14.9 Å². The van der Waals surface area contributed by atoms with Crippen molar-refractivity contribution in [1.29, 1.82) is 5.26 Å². The van der Waals surface area contributed by atoms with E-state index in [9.17, 15) is 14.9 Å². The molecule has 2 aromatic carbocycles. The molecule has 1 saturated carbocycles. The molecule has 1 atom stereocenters. The number of rotatable bonds is 6. The van der Waals surface area contributed by atoms with E-state index >= 15 is 0 Å². The van der Waals surface area contributed by atoms with Gasteiger partial charge in [0.2, 0.25) is 5.91 Å². The van der Waals surface area contributed by atoms with Gasteiger partial charge in [-0.2, -0.15) is 15.4 Å². The second-order valence-corrected chi connectivity index (χ2v) is 8.48. The first-order valence-electron chi connectivity index (χ1n) is 10.9. The number of hydrogen-bond donors (Lipinski definition) is 2. The summed E-state index contributed by atoms with van der Waals surface area (Å²) in [5.41, 5.74) is 1.40. The molecule has 0 saturated heterocycles. The molecule has 2 heterocycles. The van der Waals surface area contributed by atoms with Crippen LogP contribution in [-0.2, 0) is 10.2 Å². The van der Waals surface area contributed by atoms with Gasteiger partial charge in [0.25, 0.3) is 5.91 Å². The summed E-state index contributed by atoms with van der Waals surface area (Å²) < 4.78 is 6.12. The van der Waals surface area contributed by atoms with Crippen LogP contribution in [0, 0.1) is 11.3 Å². The second kappa shape index (κ2) is 8.15. The molecule has 0 spiro atoms. The maximum Gasteiger partial charge on any atom is 0.303 e. The van der Waals surface area contributed by atoms with E-state index in [-0.39, 0.29) is 18.4 Å². The highest BCUT2D eigenvalue weighted by molar-refractivity contribution is 6.04. The Labute approximate surface area is 196 Å². The number of hydrazone groups is 1. The first-order valence-corrected chi connectivity index (χ1v) is 10.9. The van der Waals surface area contributed by atoms with Crippen molar-refractivity contribution >= 4 is 29.6 Å². The highest BCUT2D eigenvalue weighted by Gasteiger charge is 2.45. The van der Waals surface area contributed by atoms with Crippen LogP contribution in [0.15, 0.2) is 70.8 Å². The van der Waals surface area contributed by atoms with Crippen LogP contribution in [0.1, 0.15) is 35.7 Å². The van der Waals surface area contributed by atoms with Gasteiger partial charge in [0.05, 0.1) is 11.5 Å². The number of amides is 2. The number of nitriles is 1. The summed E-state index contributed by atoms with van der Waals surface area (Å²) in [6, 6.07) is 16.4. The van der Waals surface area contributed by atoms with Gasteiger partial charge in [-0.15, -0.1) is 0 Å². The molecule has 2 N–H and O–H groups in total. The lowest BCUT2D eigenvalue weighted by molar-refractivity contribution is -0.124. The predicted octanol–water partition coefficient (Wildman–Crippen LogP) is 2.93. The minimum atomic E-state index is -1.35. The maximum atomic E-state index is 12.9. The van der Waals surface area contributed by atoms with Crippen LogP contribution in [0.3, 0.4) is 0 Å². The first kappa shape index (κ1) is 21.4. The molecule has 170 valence electrons. The van der Waals surface area contributed by atoms with Crippen LogP contribution in [0.2, 0.25) is 0 Å².